The number of carbonyl (C=O) groups is 1. The van der Waals surface area contributed by atoms with E-state index in [2.05, 4.69) is 21.2 Å². The molecule has 0 aliphatic carbocycles. The second-order valence-corrected chi connectivity index (χ2v) is 5.65. The molecule has 0 unspecified atom stereocenters. The summed E-state index contributed by atoms with van der Waals surface area (Å²) in [6.07, 6.45) is 0. The summed E-state index contributed by atoms with van der Waals surface area (Å²) in [7, 11) is 0. The molecule has 21 heavy (non-hydrogen) atoms. The Bertz CT molecular complexity index is 734. The molecule has 0 saturated heterocycles. The number of nitro groups is 1. The van der Waals surface area contributed by atoms with Crippen LogP contribution in [-0.2, 0) is 0 Å². The molecule has 2 rings (SSSR count). The Balaban J connectivity index is 2.36. The van der Waals surface area contributed by atoms with Crippen LogP contribution >= 0.6 is 27.5 Å². The highest BCUT2D eigenvalue weighted by Gasteiger charge is 2.18. The zero-order valence-corrected chi connectivity index (χ0v) is 13.2. The predicted octanol–water partition coefficient (Wildman–Crippen LogP) is 4.57. The van der Waals surface area contributed by atoms with E-state index in [1.54, 1.807) is 12.1 Å². The third-order valence-electron chi connectivity index (χ3n) is 2.77. The van der Waals surface area contributed by atoms with Crippen LogP contribution in [0.4, 0.5) is 11.4 Å². The van der Waals surface area contributed by atoms with Gasteiger partial charge in [0.1, 0.15) is 5.69 Å². The number of amides is 1. The van der Waals surface area contributed by atoms with Crippen LogP contribution < -0.4 is 5.32 Å². The second-order valence-electron chi connectivity index (χ2n) is 4.36. The first kappa shape index (κ1) is 15.5. The molecule has 0 aliphatic heterocycles. The first-order chi connectivity index (χ1) is 9.88. The van der Waals surface area contributed by atoms with Gasteiger partial charge in [-0.25, -0.2) is 0 Å². The van der Waals surface area contributed by atoms with Gasteiger partial charge >= 0.3 is 0 Å². The molecule has 1 amide bonds. The van der Waals surface area contributed by atoms with Crippen molar-refractivity contribution in [3.8, 4) is 0 Å². The molecule has 0 radical (unpaired) electrons. The average Bonchev–Trinajstić information content (AvgIpc) is 2.43. The normalized spacial score (nSPS) is 10.2. The quantitative estimate of drug-likeness (QED) is 0.636. The lowest BCUT2D eigenvalue weighted by Crippen LogP contribution is -2.14. The van der Waals surface area contributed by atoms with Crippen LogP contribution in [0.15, 0.2) is 40.9 Å². The van der Waals surface area contributed by atoms with Crippen molar-refractivity contribution in [2.24, 2.45) is 0 Å². The monoisotopic (exact) mass is 368 g/mol. The Labute approximate surface area is 134 Å². The third-order valence-corrected chi connectivity index (χ3v) is 3.70. The number of nitrogens with zero attached hydrogens (tertiary/aromatic N) is 1. The van der Waals surface area contributed by atoms with E-state index in [1.807, 2.05) is 13.0 Å². The summed E-state index contributed by atoms with van der Waals surface area (Å²) >= 11 is 9.02. The van der Waals surface area contributed by atoms with Crippen LogP contribution in [-0.4, -0.2) is 10.8 Å². The summed E-state index contributed by atoms with van der Waals surface area (Å²) in [5, 5.41) is 13.8. The van der Waals surface area contributed by atoms with Crippen LogP contribution in [0, 0.1) is 17.0 Å². The fourth-order valence-electron chi connectivity index (χ4n) is 1.76. The molecular formula is C14H10BrClN2O3. The summed E-state index contributed by atoms with van der Waals surface area (Å²) in [5.74, 6) is -0.434. The smallest absolute Gasteiger partial charge is 0.294 e. The van der Waals surface area contributed by atoms with E-state index in [-0.39, 0.29) is 16.4 Å². The molecule has 0 saturated carbocycles. The Morgan fingerprint density at radius 1 is 1.29 bits per heavy atom. The lowest BCUT2D eigenvalue weighted by atomic mass is 10.1. The number of hydrogen-bond donors (Lipinski definition) is 1. The maximum absolute atomic E-state index is 12.3. The summed E-state index contributed by atoms with van der Waals surface area (Å²) in [6, 6.07) is 9.38. The van der Waals surface area contributed by atoms with Gasteiger partial charge in [-0.05, 0) is 47.1 Å². The van der Waals surface area contributed by atoms with Gasteiger partial charge in [-0.1, -0.05) is 23.2 Å². The van der Waals surface area contributed by atoms with Crippen molar-refractivity contribution in [1.29, 1.82) is 0 Å². The van der Waals surface area contributed by atoms with Crippen LogP contribution in [0.1, 0.15) is 15.9 Å². The fourth-order valence-corrected chi connectivity index (χ4v) is 2.36. The number of nitro benzene ring substituents is 1. The van der Waals surface area contributed by atoms with Gasteiger partial charge in [-0.2, -0.15) is 0 Å². The van der Waals surface area contributed by atoms with Gasteiger partial charge in [-0.15, -0.1) is 0 Å². The van der Waals surface area contributed by atoms with E-state index in [0.717, 1.165) is 5.56 Å². The van der Waals surface area contributed by atoms with Crippen molar-refractivity contribution in [3.05, 3.63) is 67.1 Å². The number of hydrogen-bond acceptors (Lipinski definition) is 3. The zero-order valence-electron chi connectivity index (χ0n) is 10.9. The number of benzene rings is 2. The zero-order chi connectivity index (χ0) is 15.6. The summed E-state index contributed by atoms with van der Waals surface area (Å²) in [6.45, 7) is 1.86. The molecule has 0 heterocycles. The number of halogens is 2. The molecule has 0 atom stereocenters. The van der Waals surface area contributed by atoms with Crippen molar-refractivity contribution >= 4 is 44.8 Å². The summed E-state index contributed by atoms with van der Waals surface area (Å²) in [5.41, 5.74) is 1.16. The minimum atomic E-state index is -0.590. The highest BCUT2D eigenvalue weighted by atomic mass is 79.9. The van der Waals surface area contributed by atoms with Gasteiger partial charge in [0, 0.05) is 15.6 Å². The molecule has 108 valence electrons. The van der Waals surface area contributed by atoms with Crippen molar-refractivity contribution in [1.82, 2.24) is 0 Å². The SMILES string of the molecule is Cc1ccc(Br)c(C(=O)Nc2ccc(Cl)cc2[N+](=O)[O-])c1. The lowest BCUT2D eigenvalue weighted by molar-refractivity contribution is -0.383. The van der Waals surface area contributed by atoms with Crippen LogP contribution in [0.5, 0.6) is 0 Å². The number of aryl methyl sites for hydroxylation is 1. The van der Waals surface area contributed by atoms with E-state index in [4.69, 9.17) is 11.6 Å². The van der Waals surface area contributed by atoms with Crippen molar-refractivity contribution in [2.45, 2.75) is 6.92 Å². The summed E-state index contributed by atoms with van der Waals surface area (Å²) in [4.78, 5) is 22.7. The van der Waals surface area contributed by atoms with Gasteiger partial charge in [-0.3, -0.25) is 14.9 Å². The highest BCUT2D eigenvalue weighted by molar-refractivity contribution is 9.10. The van der Waals surface area contributed by atoms with Crippen LogP contribution in [0.2, 0.25) is 5.02 Å². The molecule has 0 aliphatic rings. The number of carbonyl (C=O) groups excluding carboxylic acids is 1. The Hall–Kier alpha value is -1.92. The van der Waals surface area contributed by atoms with E-state index in [9.17, 15) is 14.9 Å². The Kier molecular flexibility index (Phi) is 4.59. The van der Waals surface area contributed by atoms with Crippen LogP contribution in [0.25, 0.3) is 0 Å². The molecule has 0 bridgehead atoms. The van der Waals surface area contributed by atoms with Crippen molar-refractivity contribution in [2.75, 3.05) is 5.32 Å². The van der Waals surface area contributed by atoms with Gasteiger partial charge < -0.3 is 5.32 Å². The molecule has 2 aromatic rings. The van der Waals surface area contributed by atoms with Crippen molar-refractivity contribution in [3.63, 3.8) is 0 Å². The first-order valence-electron chi connectivity index (χ1n) is 5.90. The topological polar surface area (TPSA) is 72.2 Å². The van der Waals surface area contributed by atoms with Crippen molar-refractivity contribution < 1.29 is 9.72 Å². The standard InChI is InChI=1S/C14H10BrClN2O3/c1-8-2-4-11(15)10(6-8)14(19)17-12-5-3-9(16)7-13(12)18(20)21/h2-7H,1H3,(H,17,19). The molecule has 0 fully saturated rings. The third kappa shape index (κ3) is 3.59. The average molecular weight is 370 g/mol. The molecule has 0 spiro atoms. The second kappa shape index (κ2) is 6.24. The van der Waals surface area contributed by atoms with E-state index >= 15 is 0 Å². The molecule has 7 heteroatoms. The molecule has 0 aromatic heterocycles. The maximum atomic E-state index is 12.3. The Morgan fingerprint density at radius 3 is 2.67 bits per heavy atom. The van der Waals surface area contributed by atoms with Gasteiger partial charge in [0.25, 0.3) is 11.6 Å². The van der Waals surface area contributed by atoms with Crippen LogP contribution in [0.3, 0.4) is 0 Å². The number of anilines is 1. The molecule has 2 aromatic carbocycles. The molecule has 1 N–H and O–H groups in total. The maximum Gasteiger partial charge on any atom is 0.294 e. The minimum Gasteiger partial charge on any atom is -0.316 e. The number of nitrogens with one attached hydrogen (secondary N) is 1. The van der Waals surface area contributed by atoms with E-state index < -0.39 is 10.8 Å². The molecule has 5 nitrogen and oxygen atoms in total. The Morgan fingerprint density at radius 2 is 2.00 bits per heavy atom. The van der Waals surface area contributed by atoms with E-state index in [0.29, 0.717) is 10.0 Å². The fraction of sp³-hybridized carbons (Fsp3) is 0.0714. The molecular weight excluding hydrogens is 360 g/mol. The van der Waals surface area contributed by atoms with Gasteiger partial charge in [0.2, 0.25) is 0 Å². The lowest BCUT2D eigenvalue weighted by Gasteiger charge is -2.08. The largest absolute Gasteiger partial charge is 0.316 e. The summed E-state index contributed by atoms with van der Waals surface area (Å²) < 4.78 is 0.613. The number of rotatable bonds is 3. The van der Waals surface area contributed by atoms with Gasteiger partial charge in [0.05, 0.1) is 10.5 Å². The predicted molar refractivity (Wildman–Crippen MR) is 84.9 cm³/mol. The first-order valence-corrected chi connectivity index (χ1v) is 7.07. The van der Waals surface area contributed by atoms with E-state index in [1.165, 1.54) is 18.2 Å². The van der Waals surface area contributed by atoms with Gasteiger partial charge in [0.15, 0.2) is 0 Å². The highest BCUT2D eigenvalue weighted by Crippen LogP contribution is 2.29. The minimum absolute atomic E-state index is 0.0998.